The van der Waals surface area contributed by atoms with Gasteiger partial charge in [0, 0.05) is 31.8 Å². The van der Waals surface area contributed by atoms with Crippen LogP contribution in [0.5, 0.6) is 0 Å². The Balaban J connectivity index is 1.44. The summed E-state index contributed by atoms with van der Waals surface area (Å²) in [5.74, 6) is 0.451. The van der Waals surface area contributed by atoms with Crippen molar-refractivity contribution >= 4 is 5.91 Å². The molecule has 4 heteroatoms. The Bertz CT molecular complexity index is 571. The molecule has 0 aliphatic carbocycles. The standard InChI is InChI=1S/C21H30N2O2/c24-21(18-9-6-14-25-16-18)23-13-5-11-20(23)19-10-4-12-22(19)15-17-7-2-1-3-8-17/h1-3,7-8,18-20H,4-6,9-16H2/t18-,19-,20+/m1/s1. The van der Waals surface area contributed by atoms with Crippen molar-refractivity contribution in [3.63, 3.8) is 0 Å². The van der Waals surface area contributed by atoms with Crippen molar-refractivity contribution in [2.75, 3.05) is 26.3 Å². The molecule has 4 rings (SSSR count). The normalized spacial score (nSPS) is 30.7. The van der Waals surface area contributed by atoms with E-state index in [-0.39, 0.29) is 5.92 Å². The summed E-state index contributed by atoms with van der Waals surface area (Å²) in [6.45, 7) is 4.55. The fraction of sp³-hybridized carbons (Fsp3) is 0.667. The molecule has 3 aliphatic rings. The Kier molecular flexibility index (Phi) is 5.37. The second kappa shape index (κ2) is 7.88. The van der Waals surface area contributed by atoms with E-state index in [1.165, 1.54) is 18.4 Å². The number of rotatable bonds is 4. The van der Waals surface area contributed by atoms with Gasteiger partial charge in [-0.05, 0) is 50.6 Å². The summed E-state index contributed by atoms with van der Waals surface area (Å²) in [6, 6.07) is 11.7. The highest BCUT2D eigenvalue weighted by atomic mass is 16.5. The van der Waals surface area contributed by atoms with Gasteiger partial charge in [0.2, 0.25) is 5.91 Å². The van der Waals surface area contributed by atoms with Crippen LogP contribution in [-0.2, 0) is 16.1 Å². The summed E-state index contributed by atoms with van der Waals surface area (Å²) in [4.78, 5) is 17.9. The summed E-state index contributed by atoms with van der Waals surface area (Å²) in [5.41, 5.74) is 1.38. The Morgan fingerprint density at radius 3 is 2.60 bits per heavy atom. The average Bonchev–Trinajstić information content (AvgIpc) is 3.31. The molecule has 0 unspecified atom stereocenters. The quantitative estimate of drug-likeness (QED) is 0.843. The highest BCUT2D eigenvalue weighted by Gasteiger charge is 2.41. The minimum absolute atomic E-state index is 0.0957. The molecule has 0 saturated carbocycles. The highest BCUT2D eigenvalue weighted by Crippen LogP contribution is 2.32. The molecule has 0 N–H and O–H groups in total. The van der Waals surface area contributed by atoms with Crippen molar-refractivity contribution in [2.45, 2.75) is 57.2 Å². The third-order valence-electron chi connectivity index (χ3n) is 6.18. The van der Waals surface area contributed by atoms with Gasteiger partial charge in [-0.3, -0.25) is 9.69 Å². The van der Waals surface area contributed by atoms with Gasteiger partial charge in [-0.1, -0.05) is 30.3 Å². The lowest BCUT2D eigenvalue weighted by Crippen LogP contribution is -2.50. The zero-order valence-electron chi connectivity index (χ0n) is 15.1. The lowest BCUT2D eigenvalue weighted by Gasteiger charge is -2.37. The van der Waals surface area contributed by atoms with E-state index in [1.54, 1.807) is 0 Å². The molecule has 1 aromatic carbocycles. The maximum atomic E-state index is 13.1. The number of hydrogen-bond donors (Lipinski definition) is 0. The zero-order chi connectivity index (χ0) is 17.1. The SMILES string of the molecule is O=C([C@@H]1CCCOC1)N1CCC[C@H]1[C@H]1CCCN1Cc1ccccc1. The molecule has 136 valence electrons. The first-order valence-corrected chi connectivity index (χ1v) is 9.99. The van der Waals surface area contributed by atoms with Gasteiger partial charge in [-0.15, -0.1) is 0 Å². The van der Waals surface area contributed by atoms with Crippen molar-refractivity contribution in [2.24, 2.45) is 5.92 Å². The Hall–Kier alpha value is -1.39. The van der Waals surface area contributed by atoms with E-state index in [9.17, 15) is 4.79 Å². The van der Waals surface area contributed by atoms with Gasteiger partial charge in [0.25, 0.3) is 0 Å². The van der Waals surface area contributed by atoms with Crippen LogP contribution in [0, 0.1) is 5.92 Å². The van der Waals surface area contributed by atoms with Crippen molar-refractivity contribution in [3.05, 3.63) is 35.9 Å². The fourth-order valence-electron chi connectivity index (χ4n) is 4.94. The molecule has 3 heterocycles. The number of nitrogens with zero attached hydrogens (tertiary/aromatic N) is 2. The van der Waals surface area contributed by atoms with E-state index in [0.29, 0.717) is 24.6 Å². The van der Waals surface area contributed by atoms with Gasteiger partial charge in [-0.2, -0.15) is 0 Å². The van der Waals surface area contributed by atoms with Crippen LogP contribution in [-0.4, -0.2) is 54.1 Å². The van der Waals surface area contributed by atoms with Crippen molar-refractivity contribution in [1.29, 1.82) is 0 Å². The molecule has 4 nitrogen and oxygen atoms in total. The predicted octanol–water partition coefficient (Wildman–Crippen LogP) is 3.07. The van der Waals surface area contributed by atoms with Crippen molar-refractivity contribution < 1.29 is 9.53 Å². The number of amides is 1. The molecule has 1 aromatic rings. The smallest absolute Gasteiger partial charge is 0.228 e. The molecular weight excluding hydrogens is 312 g/mol. The summed E-state index contributed by atoms with van der Waals surface area (Å²) in [6.07, 6.45) is 6.82. The first kappa shape index (κ1) is 17.0. The number of likely N-dealkylation sites (tertiary alicyclic amines) is 2. The second-order valence-corrected chi connectivity index (χ2v) is 7.82. The Morgan fingerprint density at radius 2 is 1.80 bits per heavy atom. The van der Waals surface area contributed by atoms with Gasteiger partial charge in [0.15, 0.2) is 0 Å². The van der Waals surface area contributed by atoms with Crippen LogP contribution in [0.15, 0.2) is 30.3 Å². The molecular formula is C21H30N2O2. The number of hydrogen-bond acceptors (Lipinski definition) is 3. The maximum Gasteiger partial charge on any atom is 0.228 e. The largest absolute Gasteiger partial charge is 0.381 e. The Morgan fingerprint density at radius 1 is 1.00 bits per heavy atom. The summed E-state index contributed by atoms with van der Waals surface area (Å²) < 4.78 is 5.57. The lowest BCUT2D eigenvalue weighted by molar-refractivity contribution is -0.141. The first-order chi connectivity index (χ1) is 12.3. The van der Waals surface area contributed by atoms with E-state index in [1.807, 2.05) is 0 Å². The van der Waals surface area contributed by atoms with E-state index in [4.69, 9.17) is 4.74 Å². The summed E-state index contributed by atoms with van der Waals surface area (Å²) in [5, 5.41) is 0. The minimum atomic E-state index is 0.0957. The van der Waals surface area contributed by atoms with Gasteiger partial charge in [0.1, 0.15) is 0 Å². The fourth-order valence-corrected chi connectivity index (χ4v) is 4.94. The molecule has 25 heavy (non-hydrogen) atoms. The minimum Gasteiger partial charge on any atom is -0.381 e. The molecule has 0 aromatic heterocycles. The molecule has 0 bridgehead atoms. The van der Waals surface area contributed by atoms with Gasteiger partial charge >= 0.3 is 0 Å². The molecule has 3 fully saturated rings. The van der Waals surface area contributed by atoms with Crippen LogP contribution < -0.4 is 0 Å². The van der Waals surface area contributed by atoms with Crippen LogP contribution in [0.1, 0.15) is 44.1 Å². The van der Waals surface area contributed by atoms with Crippen LogP contribution >= 0.6 is 0 Å². The topological polar surface area (TPSA) is 32.8 Å². The number of ether oxygens (including phenoxy) is 1. The van der Waals surface area contributed by atoms with Crippen LogP contribution in [0.2, 0.25) is 0 Å². The monoisotopic (exact) mass is 342 g/mol. The van der Waals surface area contributed by atoms with E-state index >= 15 is 0 Å². The molecule has 0 radical (unpaired) electrons. The second-order valence-electron chi connectivity index (χ2n) is 7.82. The molecule has 3 atom stereocenters. The summed E-state index contributed by atoms with van der Waals surface area (Å²) in [7, 11) is 0. The number of carbonyl (C=O) groups is 1. The molecule has 3 saturated heterocycles. The molecule has 3 aliphatic heterocycles. The Labute approximate surface area is 151 Å². The average molecular weight is 342 g/mol. The van der Waals surface area contributed by atoms with Gasteiger partial charge in [-0.25, -0.2) is 0 Å². The van der Waals surface area contributed by atoms with Crippen molar-refractivity contribution in [3.8, 4) is 0 Å². The molecule has 0 spiro atoms. The summed E-state index contributed by atoms with van der Waals surface area (Å²) >= 11 is 0. The predicted molar refractivity (Wildman–Crippen MR) is 98.2 cm³/mol. The first-order valence-electron chi connectivity index (χ1n) is 9.99. The zero-order valence-corrected chi connectivity index (χ0v) is 15.1. The third-order valence-corrected chi connectivity index (χ3v) is 6.18. The number of benzene rings is 1. The van der Waals surface area contributed by atoms with E-state index in [2.05, 4.69) is 40.1 Å². The number of carbonyl (C=O) groups excluding carboxylic acids is 1. The van der Waals surface area contributed by atoms with Crippen LogP contribution in [0.3, 0.4) is 0 Å². The van der Waals surface area contributed by atoms with Crippen LogP contribution in [0.25, 0.3) is 0 Å². The van der Waals surface area contributed by atoms with Crippen molar-refractivity contribution in [1.82, 2.24) is 9.80 Å². The van der Waals surface area contributed by atoms with E-state index < -0.39 is 0 Å². The lowest BCUT2D eigenvalue weighted by atomic mass is 9.98. The molecule has 1 amide bonds. The maximum absolute atomic E-state index is 13.1. The highest BCUT2D eigenvalue weighted by molar-refractivity contribution is 5.79. The van der Waals surface area contributed by atoms with Crippen LogP contribution in [0.4, 0.5) is 0 Å². The third kappa shape index (κ3) is 3.75. The van der Waals surface area contributed by atoms with E-state index in [0.717, 1.165) is 51.9 Å². The van der Waals surface area contributed by atoms with Gasteiger partial charge < -0.3 is 9.64 Å². The van der Waals surface area contributed by atoms with Gasteiger partial charge in [0.05, 0.1) is 12.5 Å².